The zero-order valence-corrected chi connectivity index (χ0v) is 12.5. The van der Waals surface area contributed by atoms with Gasteiger partial charge in [0.15, 0.2) is 5.78 Å². The predicted octanol–water partition coefficient (Wildman–Crippen LogP) is 3.70. The van der Waals surface area contributed by atoms with E-state index in [1.807, 2.05) is 0 Å². The molecule has 1 aliphatic heterocycles. The van der Waals surface area contributed by atoms with Crippen molar-refractivity contribution in [1.29, 1.82) is 0 Å². The first-order chi connectivity index (χ1) is 10.0. The third-order valence-corrected chi connectivity index (χ3v) is 3.91. The molecule has 1 amide bonds. The summed E-state index contributed by atoms with van der Waals surface area (Å²) in [7, 11) is 0. The molecule has 0 radical (unpaired) electrons. The number of halogens is 2. The van der Waals surface area contributed by atoms with Crippen molar-refractivity contribution in [2.24, 2.45) is 0 Å². The minimum Gasteiger partial charge on any atom is -0.326 e. The van der Waals surface area contributed by atoms with Gasteiger partial charge in [-0.15, -0.1) is 0 Å². The molecule has 5 heteroatoms. The Bertz CT molecular complexity index is 758. The van der Waals surface area contributed by atoms with E-state index in [9.17, 15) is 14.0 Å². The summed E-state index contributed by atoms with van der Waals surface area (Å²) in [5.74, 6) is -1.12. The lowest BCUT2D eigenvalue weighted by molar-refractivity contribution is -0.116. The summed E-state index contributed by atoms with van der Waals surface area (Å²) in [6.07, 6.45) is 0.864. The molecule has 106 valence electrons. The Morgan fingerprint density at radius 1 is 1.19 bits per heavy atom. The lowest BCUT2D eigenvalue weighted by atomic mass is 9.96. The number of amides is 1. The Kier molecular flexibility index (Phi) is 3.59. The number of benzene rings is 2. The molecule has 0 saturated heterocycles. The number of rotatable bonds is 2. The number of anilines is 1. The first-order valence-corrected chi connectivity index (χ1v) is 7.26. The van der Waals surface area contributed by atoms with Crippen molar-refractivity contribution in [3.8, 4) is 0 Å². The Hall–Kier alpha value is -2.01. The van der Waals surface area contributed by atoms with Crippen LogP contribution in [0.5, 0.6) is 0 Å². The van der Waals surface area contributed by atoms with Crippen LogP contribution in [0.4, 0.5) is 10.1 Å². The number of hydrogen-bond donors (Lipinski definition) is 1. The number of fused-ring (bicyclic) bond motifs is 1. The van der Waals surface area contributed by atoms with Crippen LogP contribution in [-0.2, 0) is 11.2 Å². The van der Waals surface area contributed by atoms with Crippen molar-refractivity contribution in [2.45, 2.75) is 12.8 Å². The molecule has 21 heavy (non-hydrogen) atoms. The van der Waals surface area contributed by atoms with Gasteiger partial charge < -0.3 is 5.32 Å². The summed E-state index contributed by atoms with van der Waals surface area (Å²) in [4.78, 5) is 23.7. The lowest BCUT2D eigenvalue weighted by Crippen LogP contribution is -2.20. The molecular weight excluding hydrogens is 337 g/mol. The van der Waals surface area contributed by atoms with E-state index in [0.29, 0.717) is 24.1 Å². The first kappa shape index (κ1) is 13.9. The highest BCUT2D eigenvalue weighted by Gasteiger charge is 2.21. The van der Waals surface area contributed by atoms with Crippen molar-refractivity contribution >= 4 is 33.3 Å². The molecule has 1 N–H and O–H groups in total. The van der Waals surface area contributed by atoms with E-state index in [1.165, 1.54) is 12.1 Å². The van der Waals surface area contributed by atoms with Gasteiger partial charge in [-0.05, 0) is 36.2 Å². The topological polar surface area (TPSA) is 46.2 Å². The number of hydrogen-bond acceptors (Lipinski definition) is 2. The second kappa shape index (κ2) is 5.41. The number of ketones is 1. The molecule has 2 aromatic rings. The third kappa shape index (κ3) is 2.74. The quantitative estimate of drug-likeness (QED) is 0.842. The van der Waals surface area contributed by atoms with Gasteiger partial charge in [0.25, 0.3) is 0 Å². The van der Waals surface area contributed by atoms with Crippen LogP contribution in [-0.4, -0.2) is 11.7 Å². The van der Waals surface area contributed by atoms with E-state index in [2.05, 4.69) is 21.2 Å². The summed E-state index contributed by atoms with van der Waals surface area (Å²) >= 11 is 3.29. The maximum atomic E-state index is 14.2. The largest absolute Gasteiger partial charge is 0.326 e. The van der Waals surface area contributed by atoms with Gasteiger partial charge in [0.2, 0.25) is 5.91 Å². The fourth-order valence-electron chi connectivity index (χ4n) is 2.36. The maximum absolute atomic E-state index is 14.2. The van der Waals surface area contributed by atoms with Crippen LogP contribution >= 0.6 is 15.9 Å². The molecule has 2 aromatic carbocycles. The van der Waals surface area contributed by atoms with Crippen LogP contribution in [0.3, 0.4) is 0 Å². The molecule has 3 nitrogen and oxygen atoms in total. The minimum atomic E-state index is -0.624. The molecule has 1 aliphatic rings. The molecule has 0 atom stereocenters. The van der Waals surface area contributed by atoms with Gasteiger partial charge in [-0.2, -0.15) is 0 Å². The zero-order chi connectivity index (χ0) is 15.0. The second-order valence-corrected chi connectivity index (χ2v) is 5.79. The van der Waals surface area contributed by atoms with Crippen molar-refractivity contribution in [1.82, 2.24) is 0 Å². The minimum absolute atomic E-state index is 0.0306. The smallest absolute Gasteiger partial charge is 0.224 e. The molecule has 0 unspecified atom stereocenters. The molecular formula is C16H11BrFNO2. The van der Waals surface area contributed by atoms with Gasteiger partial charge in [0.1, 0.15) is 5.82 Å². The molecule has 1 heterocycles. The molecule has 0 aliphatic carbocycles. The van der Waals surface area contributed by atoms with Crippen LogP contribution in [0.15, 0.2) is 40.9 Å². The number of aryl methyl sites for hydroxylation is 1. The average molecular weight is 348 g/mol. The number of nitrogens with one attached hydrogen (secondary N) is 1. The molecule has 0 spiro atoms. The predicted molar refractivity (Wildman–Crippen MR) is 80.9 cm³/mol. The number of carbonyl (C=O) groups is 2. The lowest BCUT2D eigenvalue weighted by Gasteiger charge is -2.18. The summed E-state index contributed by atoms with van der Waals surface area (Å²) in [5.41, 5.74) is 1.69. The molecule has 3 rings (SSSR count). The van der Waals surface area contributed by atoms with Gasteiger partial charge in [-0.3, -0.25) is 9.59 Å². The summed E-state index contributed by atoms with van der Waals surface area (Å²) in [5, 5.41) is 2.62. The van der Waals surface area contributed by atoms with Crippen LogP contribution < -0.4 is 5.32 Å². The Balaban J connectivity index is 2.03. The van der Waals surface area contributed by atoms with E-state index in [-0.39, 0.29) is 17.3 Å². The van der Waals surface area contributed by atoms with Crippen LogP contribution in [0, 0.1) is 5.82 Å². The first-order valence-electron chi connectivity index (χ1n) is 6.47. The molecule has 0 bridgehead atoms. The summed E-state index contributed by atoms with van der Waals surface area (Å²) in [6.45, 7) is 0. The van der Waals surface area contributed by atoms with Gasteiger partial charge in [0.05, 0.1) is 5.56 Å². The van der Waals surface area contributed by atoms with E-state index < -0.39 is 5.82 Å². The van der Waals surface area contributed by atoms with Crippen molar-refractivity contribution in [3.05, 3.63) is 63.4 Å². The van der Waals surface area contributed by atoms with Crippen LogP contribution in [0.1, 0.15) is 27.9 Å². The Morgan fingerprint density at radius 3 is 2.76 bits per heavy atom. The normalized spacial score (nSPS) is 13.5. The Labute approximate surface area is 129 Å². The van der Waals surface area contributed by atoms with E-state index in [1.54, 1.807) is 24.3 Å². The van der Waals surface area contributed by atoms with Gasteiger partial charge in [-0.25, -0.2) is 4.39 Å². The standard InChI is InChI=1S/C16H11BrFNO2/c17-11-3-1-2-10(6-11)16(21)12-7-9-4-5-15(20)19-14(9)8-13(12)18/h1-3,6-8H,4-5H2,(H,19,20). The molecule has 0 saturated carbocycles. The molecule has 0 fully saturated rings. The summed E-state index contributed by atoms with van der Waals surface area (Å²) in [6, 6.07) is 9.59. The maximum Gasteiger partial charge on any atom is 0.224 e. The molecule has 0 aromatic heterocycles. The van der Waals surface area contributed by atoms with Crippen LogP contribution in [0.2, 0.25) is 0 Å². The second-order valence-electron chi connectivity index (χ2n) is 4.88. The fraction of sp³-hybridized carbons (Fsp3) is 0.125. The highest BCUT2D eigenvalue weighted by Crippen LogP contribution is 2.27. The SMILES string of the molecule is O=C1CCc2cc(C(=O)c3cccc(Br)c3)c(F)cc2N1. The van der Waals surface area contributed by atoms with Gasteiger partial charge in [-0.1, -0.05) is 28.1 Å². The average Bonchev–Trinajstić information content (AvgIpc) is 2.45. The number of carbonyl (C=O) groups excluding carboxylic acids is 2. The van der Waals surface area contributed by atoms with Crippen molar-refractivity contribution in [3.63, 3.8) is 0 Å². The fourth-order valence-corrected chi connectivity index (χ4v) is 2.76. The van der Waals surface area contributed by atoms with Gasteiger partial charge in [0, 0.05) is 22.1 Å². The van der Waals surface area contributed by atoms with Crippen molar-refractivity contribution < 1.29 is 14.0 Å². The van der Waals surface area contributed by atoms with Crippen LogP contribution in [0.25, 0.3) is 0 Å². The highest BCUT2D eigenvalue weighted by atomic mass is 79.9. The van der Waals surface area contributed by atoms with Gasteiger partial charge >= 0.3 is 0 Å². The third-order valence-electron chi connectivity index (χ3n) is 3.42. The zero-order valence-electron chi connectivity index (χ0n) is 11.0. The van der Waals surface area contributed by atoms with Crippen molar-refractivity contribution in [2.75, 3.05) is 5.32 Å². The van der Waals surface area contributed by atoms with E-state index in [0.717, 1.165) is 10.0 Å². The van der Waals surface area contributed by atoms with E-state index in [4.69, 9.17) is 0 Å². The highest BCUT2D eigenvalue weighted by molar-refractivity contribution is 9.10. The summed E-state index contributed by atoms with van der Waals surface area (Å²) < 4.78 is 14.9. The Morgan fingerprint density at radius 2 is 2.00 bits per heavy atom. The van der Waals surface area contributed by atoms with E-state index >= 15 is 0 Å². The monoisotopic (exact) mass is 347 g/mol.